The van der Waals surface area contributed by atoms with E-state index in [1.54, 1.807) is 10.9 Å². The second kappa shape index (κ2) is 3.37. The highest BCUT2D eigenvalue weighted by molar-refractivity contribution is 5.73. The largest absolute Gasteiger partial charge is 0.298 e. The molecule has 0 aromatic carbocycles. The Morgan fingerprint density at radius 1 is 1.29 bits per heavy atom. The van der Waals surface area contributed by atoms with Crippen molar-refractivity contribution in [3.8, 4) is 11.4 Å². The average molecular weight is 188 g/mol. The van der Waals surface area contributed by atoms with Gasteiger partial charge in [0, 0.05) is 25.6 Å². The van der Waals surface area contributed by atoms with Gasteiger partial charge in [0.1, 0.15) is 0 Å². The molecule has 5 heteroatoms. The quantitative estimate of drug-likeness (QED) is 0.650. The molecule has 0 amide bonds. The molecule has 0 radical (unpaired) electrons. The normalized spacial score (nSPS) is 10.1. The fourth-order valence-electron chi connectivity index (χ4n) is 1.08. The summed E-state index contributed by atoms with van der Waals surface area (Å²) in [7, 11) is 1.82. The second-order valence-electron chi connectivity index (χ2n) is 2.86. The Bertz CT molecular complexity index is 446. The van der Waals surface area contributed by atoms with Crippen LogP contribution in [-0.4, -0.2) is 26.0 Å². The van der Waals surface area contributed by atoms with Crippen LogP contribution in [0.2, 0.25) is 0 Å². The first-order valence-corrected chi connectivity index (χ1v) is 4.06. The molecule has 0 aliphatic rings. The van der Waals surface area contributed by atoms with Crippen LogP contribution in [0.1, 0.15) is 10.4 Å². The number of carbonyl (C=O) groups is 1. The summed E-state index contributed by atoms with van der Waals surface area (Å²) >= 11 is 0. The second-order valence-corrected chi connectivity index (χ2v) is 2.86. The minimum Gasteiger partial charge on any atom is -0.298 e. The summed E-state index contributed by atoms with van der Waals surface area (Å²) in [6.07, 6.45) is 7.18. The molecule has 2 aromatic heterocycles. The zero-order chi connectivity index (χ0) is 9.97. The highest BCUT2D eigenvalue weighted by atomic mass is 16.1. The highest BCUT2D eigenvalue weighted by Crippen LogP contribution is 2.11. The maximum Gasteiger partial charge on any atom is 0.162 e. The smallest absolute Gasteiger partial charge is 0.162 e. The number of nitrogens with zero attached hydrogens (tertiary/aromatic N) is 4. The summed E-state index contributed by atoms with van der Waals surface area (Å²) in [6, 6.07) is 0. The standard InChI is InChI=1S/C9H8N4O/c1-13-5-8(4-12-13)9-10-2-7(6-14)3-11-9/h2-6H,1H3. The van der Waals surface area contributed by atoms with Gasteiger partial charge in [-0.25, -0.2) is 9.97 Å². The van der Waals surface area contributed by atoms with Crippen LogP contribution in [-0.2, 0) is 7.05 Å². The topological polar surface area (TPSA) is 60.7 Å². The lowest BCUT2D eigenvalue weighted by Crippen LogP contribution is -1.90. The molecular formula is C9H8N4O. The molecule has 0 unspecified atom stereocenters. The lowest BCUT2D eigenvalue weighted by Gasteiger charge is -1.94. The maximum absolute atomic E-state index is 10.4. The van der Waals surface area contributed by atoms with E-state index in [4.69, 9.17) is 0 Å². The maximum atomic E-state index is 10.4. The molecule has 0 fully saturated rings. The third kappa shape index (κ3) is 1.52. The summed E-state index contributed by atoms with van der Waals surface area (Å²) in [6.45, 7) is 0. The van der Waals surface area contributed by atoms with Gasteiger partial charge in [-0.1, -0.05) is 0 Å². The van der Waals surface area contributed by atoms with E-state index < -0.39 is 0 Å². The summed E-state index contributed by atoms with van der Waals surface area (Å²) in [5.41, 5.74) is 1.31. The molecule has 0 aliphatic carbocycles. The molecule has 0 bridgehead atoms. The SMILES string of the molecule is Cn1cc(-c2ncc(C=O)cn2)cn1. The number of carbonyl (C=O) groups excluding carboxylic acids is 1. The monoisotopic (exact) mass is 188 g/mol. The van der Waals surface area contributed by atoms with E-state index in [0.717, 1.165) is 5.56 Å². The van der Waals surface area contributed by atoms with E-state index in [1.165, 1.54) is 12.4 Å². The van der Waals surface area contributed by atoms with Crippen molar-refractivity contribution in [2.45, 2.75) is 0 Å². The van der Waals surface area contributed by atoms with Crippen LogP contribution in [0.4, 0.5) is 0 Å². The van der Waals surface area contributed by atoms with Gasteiger partial charge in [0.15, 0.2) is 12.1 Å². The van der Waals surface area contributed by atoms with Crippen molar-refractivity contribution in [1.82, 2.24) is 19.7 Å². The fraction of sp³-hybridized carbons (Fsp3) is 0.111. The van der Waals surface area contributed by atoms with E-state index in [-0.39, 0.29) is 0 Å². The van der Waals surface area contributed by atoms with E-state index in [1.807, 2.05) is 13.2 Å². The van der Waals surface area contributed by atoms with Gasteiger partial charge in [0.05, 0.1) is 17.3 Å². The molecule has 2 rings (SSSR count). The van der Waals surface area contributed by atoms with Crippen LogP contribution < -0.4 is 0 Å². The first kappa shape index (κ1) is 8.55. The zero-order valence-electron chi connectivity index (χ0n) is 7.58. The van der Waals surface area contributed by atoms with Crippen LogP contribution in [0.3, 0.4) is 0 Å². The van der Waals surface area contributed by atoms with Gasteiger partial charge in [-0.2, -0.15) is 5.10 Å². The first-order valence-electron chi connectivity index (χ1n) is 4.06. The number of rotatable bonds is 2. The number of hydrogen-bond donors (Lipinski definition) is 0. The van der Waals surface area contributed by atoms with Crippen molar-refractivity contribution < 1.29 is 4.79 Å². The fourth-order valence-corrected chi connectivity index (χ4v) is 1.08. The molecule has 70 valence electrons. The van der Waals surface area contributed by atoms with Crippen LogP contribution in [0.25, 0.3) is 11.4 Å². The van der Waals surface area contributed by atoms with E-state index in [9.17, 15) is 4.79 Å². The van der Waals surface area contributed by atoms with Gasteiger partial charge in [-0.3, -0.25) is 9.48 Å². The minimum absolute atomic E-state index is 0.470. The molecule has 2 aromatic rings. The van der Waals surface area contributed by atoms with Crippen LogP contribution in [0.15, 0.2) is 24.8 Å². The van der Waals surface area contributed by atoms with Gasteiger partial charge in [0.2, 0.25) is 0 Å². The molecular weight excluding hydrogens is 180 g/mol. The highest BCUT2D eigenvalue weighted by Gasteiger charge is 2.02. The predicted molar refractivity (Wildman–Crippen MR) is 49.6 cm³/mol. The Balaban J connectivity index is 2.38. The first-order chi connectivity index (χ1) is 6.79. The summed E-state index contributed by atoms with van der Waals surface area (Å²) < 4.78 is 1.67. The van der Waals surface area contributed by atoms with Gasteiger partial charge in [0.25, 0.3) is 0 Å². The average Bonchev–Trinajstić information content (AvgIpc) is 2.65. The van der Waals surface area contributed by atoms with Crippen molar-refractivity contribution in [3.05, 3.63) is 30.4 Å². The van der Waals surface area contributed by atoms with Crippen LogP contribution >= 0.6 is 0 Å². The Morgan fingerprint density at radius 2 is 2.00 bits per heavy atom. The zero-order valence-corrected chi connectivity index (χ0v) is 7.58. The van der Waals surface area contributed by atoms with Crippen LogP contribution in [0.5, 0.6) is 0 Å². The molecule has 0 N–H and O–H groups in total. The lowest BCUT2D eigenvalue weighted by atomic mass is 10.3. The Morgan fingerprint density at radius 3 is 2.50 bits per heavy atom. The van der Waals surface area contributed by atoms with Gasteiger partial charge < -0.3 is 0 Å². The van der Waals surface area contributed by atoms with Crippen molar-refractivity contribution in [2.24, 2.45) is 7.05 Å². The van der Waals surface area contributed by atoms with Crippen molar-refractivity contribution in [1.29, 1.82) is 0 Å². The van der Waals surface area contributed by atoms with Crippen molar-refractivity contribution in [3.63, 3.8) is 0 Å². The van der Waals surface area contributed by atoms with Crippen LogP contribution in [0, 0.1) is 0 Å². The van der Waals surface area contributed by atoms with Crippen molar-refractivity contribution in [2.75, 3.05) is 0 Å². The third-order valence-electron chi connectivity index (χ3n) is 1.77. The predicted octanol–water partition coefficient (Wildman–Crippen LogP) is 0.690. The van der Waals surface area contributed by atoms with Gasteiger partial charge >= 0.3 is 0 Å². The van der Waals surface area contributed by atoms with Gasteiger partial charge in [-0.15, -0.1) is 0 Å². The number of aromatic nitrogens is 4. The lowest BCUT2D eigenvalue weighted by molar-refractivity contribution is 0.112. The summed E-state index contributed by atoms with van der Waals surface area (Å²) in [4.78, 5) is 18.4. The van der Waals surface area contributed by atoms with E-state index in [2.05, 4.69) is 15.1 Å². The van der Waals surface area contributed by atoms with E-state index in [0.29, 0.717) is 17.7 Å². The molecule has 0 saturated carbocycles. The Kier molecular flexibility index (Phi) is 2.06. The van der Waals surface area contributed by atoms with Gasteiger partial charge in [-0.05, 0) is 0 Å². The van der Waals surface area contributed by atoms with Crippen molar-refractivity contribution >= 4 is 6.29 Å². The summed E-state index contributed by atoms with van der Waals surface area (Å²) in [5, 5.41) is 4.00. The number of aldehydes is 1. The minimum atomic E-state index is 0.470. The molecule has 0 atom stereocenters. The Hall–Kier alpha value is -2.04. The summed E-state index contributed by atoms with van der Waals surface area (Å²) in [5.74, 6) is 0.573. The molecule has 0 saturated heterocycles. The van der Waals surface area contributed by atoms with E-state index >= 15 is 0 Å². The molecule has 5 nitrogen and oxygen atoms in total. The number of hydrogen-bond acceptors (Lipinski definition) is 4. The Labute approximate surface area is 80.4 Å². The third-order valence-corrected chi connectivity index (χ3v) is 1.77. The molecule has 14 heavy (non-hydrogen) atoms. The molecule has 0 aliphatic heterocycles. The number of aryl methyl sites for hydroxylation is 1. The molecule has 2 heterocycles. The molecule has 0 spiro atoms.